The maximum Gasteiger partial charge on any atom is 0.321 e. The number of hydrogen-bond acceptors (Lipinski definition) is 7. The number of amides is 3. The molecule has 10 heteroatoms. The minimum atomic E-state index is -0.255. The van der Waals surface area contributed by atoms with Gasteiger partial charge in [0.05, 0.1) is 18.0 Å². The molecule has 3 N–H and O–H groups in total. The lowest BCUT2D eigenvalue weighted by Crippen LogP contribution is -2.38. The molecule has 0 bridgehead atoms. The minimum absolute atomic E-state index is 0.165. The van der Waals surface area contributed by atoms with E-state index in [4.69, 9.17) is 4.74 Å². The zero-order valence-corrected chi connectivity index (χ0v) is 17.9. The fraction of sp³-hybridized carbons (Fsp3) is 0.474. The highest BCUT2D eigenvalue weighted by molar-refractivity contribution is 8.01. The SMILES string of the molecule is CCOc1ccccc1NC(=O)CSc1nnc(NC(=O)NC2CCCCC2)s1. The van der Waals surface area contributed by atoms with Crippen LogP contribution in [0.5, 0.6) is 5.75 Å². The highest BCUT2D eigenvalue weighted by Crippen LogP contribution is 2.27. The summed E-state index contributed by atoms with van der Waals surface area (Å²) in [5.74, 6) is 0.658. The van der Waals surface area contributed by atoms with Crippen molar-refractivity contribution in [3.05, 3.63) is 24.3 Å². The summed E-state index contributed by atoms with van der Waals surface area (Å²) in [6.45, 7) is 2.42. The molecule has 29 heavy (non-hydrogen) atoms. The van der Waals surface area contributed by atoms with Crippen LogP contribution in [0.2, 0.25) is 0 Å². The van der Waals surface area contributed by atoms with Crippen molar-refractivity contribution in [2.45, 2.75) is 49.4 Å². The number of carbonyl (C=O) groups excluding carboxylic acids is 2. The third-order valence-corrected chi connectivity index (χ3v) is 6.33. The Kier molecular flexibility index (Phi) is 8.12. The molecular weight excluding hydrogens is 410 g/mol. The Balaban J connectivity index is 1.44. The molecule has 156 valence electrons. The summed E-state index contributed by atoms with van der Waals surface area (Å²) in [6, 6.07) is 7.28. The molecule has 0 unspecified atom stereocenters. The Morgan fingerprint density at radius 3 is 2.76 bits per heavy atom. The van der Waals surface area contributed by atoms with Crippen molar-refractivity contribution in [2.24, 2.45) is 0 Å². The highest BCUT2D eigenvalue weighted by Gasteiger charge is 2.17. The topological polar surface area (TPSA) is 105 Å². The predicted octanol–water partition coefficient (Wildman–Crippen LogP) is 4.12. The number of ether oxygens (including phenoxy) is 1. The highest BCUT2D eigenvalue weighted by atomic mass is 32.2. The molecule has 0 spiro atoms. The summed E-state index contributed by atoms with van der Waals surface area (Å²) in [5.41, 5.74) is 0.638. The summed E-state index contributed by atoms with van der Waals surface area (Å²) in [5, 5.41) is 17.0. The molecule has 8 nitrogen and oxygen atoms in total. The van der Waals surface area contributed by atoms with Gasteiger partial charge in [0.2, 0.25) is 11.0 Å². The second-order valence-corrected chi connectivity index (χ2v) is 8.77. The smallest absolute Gasteiger partial charge is 0.321 e. The van der Waals surface area contributed by atoms with Crippen molar-refractivity contribution in [3.8, 4) is 5.75 Å². The van der Waals surface area contributed by atoms with Gasteiger partial charge < -0.3 is 15.4 Å². The molecule has 2 aromatic rings. The van der Waals surface area contributed by atoms with Gasteiger partial charge in [0.25, 0.3) is 0 Å². The van der Waals surface area contributed by atoms with Gasteiger partial charge in [-0.1, -0.05) is 54.5 Å². The van der Waals surface area contributed by atoms with E-state index in [-0.39, 0.29) is 23.7 Å². The number of aromatic nitrogens is 2. The molecule has 1 fully saturated rings. The average molecular weight is 436 g/mol. The van der Waals surface area contributed by atoms with E-state index in [1.807, 2.05) is 25.1 Å². The van der Waals surface area contributed by atoms with E-state index in [0.29, 0.717) is 27.5 Å². The fourth-order valence-corrected chi connectivity index (χ4v) is 4.60. The van der Waals surface area contributed by atoms with E-state index in [0.717, 1.165) is 25.7 Å². The van der Waals surface area contributed by atoms with Crippen LogP contribution in [0.25, 0.3) is 0 Å². The number of carbonyl (C=O) groups is 2. The van der Waals surface area contributed by atoms with Crippen LogP contribution in [0.15, 0.2) is 28.6 Å². The molecule has 3 amide bonds. The first-order valence-electron chi connectivity index (χ1n) is 9.69. The number of urea groups is 1. The number of nitrogens with zero attached hydrogens (tertiary/aromatic N) is 2. The van der Waals surface area contributed by atoms with Crippen molar-refractivity contribution < 1.29 is 14.3 Å². The molecule has 0 aliphatic heterocycles. The van der Waals surface area contributed by atoms with Crippen molar-refractivity contribution >= 4 is 45.9 Å². The Hall–Kier alpha value is -2.33. The first-order valence-corrected chi connectivity index (χ1v) is 11.5. The van der Waals surface area contributed by atoms with Gasteiger partial charge in [-0.05, 0) is 31.9 Å². The van der Waals surface area contributed by atoms with E-state index >= 15 is 0 Å². The molecule has 1 aromatic heterocycles. The van der Waals surface area contributed by atoms with Crippen LogP contribution in [0.3, 0.4) is 0 Å². The Morgan fingerprint density at radius 2 is 1.97 bits per heavy atom. The normalized spacial score (nSPS) is 14.2. The van der Waals surface area contributed by atoms with Gasteiger partial charge in [-0.25, -0.2) is 4.79 Å². The summed E-state index contributed by atoms with van der Waals surface area (Å²) in [7, 11) is 0. The summed E-state index contributed by atoms with van der Waals surface area (Å²) >= 11 is 2.52. The summed E-state index contributed by atoms with van der Waals surface area (Å²) < 4.78 is 6.12. The van der Waals surface area contributed by atoms with Crippen molar-refractivity contribution in [2.75, 3.05) is 23.0 Å². The van der Waals surface area contributed by atoms with Gasteiger partial charge >= 0.3 is 6.03 Å². The predicted molar refractivity (Wildman–Crippen MR) is 116 cm³/mol. The van der Waals surface area contributed by atoms with Crippen LogP contribution in [-0.4, -0.2) is 40.5 Å². The number of nitrogens with one attached hydrogen (secondary N) is 3. The molecule has 1 aromatic carbocycles. The minimum Gasteiger partial charge on any atom is -0.492 e. The monoisotopic (exact) mass is 435 g/mol. The molecular formula is C19H25N5O3S2. The van der Waals surface area contributed by atoms with Crippen LogP contribution >= 0.6 is 23.1 Å². The standard InChI is InChI=1S/C19H25N5O3S2/c1-2-27-15-11-7-6-10-14(15)21-16(25)12-28-19-24-23-18(29-19)22-17(26)20-13-8-4-3-5-9-13/h6-7,10-11,13H,2-5,8-9,12H2,1H3,(H,21,25)(H2,20,22,23,26). The van der Waals surface area contributed by atoms with E-state index in [2.05, 4.69) is 26.1 Å². The molecule has 1 heterocycles. The molecule has 0 saturated heterocycles. The quantitative estimate of drug-likeness (QED) is 0.425. The number of thioether (sulfide) groups is 1. The fourth-order valence-electron chi connectivity index (χ4n) is 3.05. The molecule has 1 saturated carbocycles. The zero-order chi connectivity index (χ0) is 20.5. The molecule has 0 atom stereocenters. The first kappa shape index (κ1) is 21.4. The summed E-state index contributed by atoms with van der Waals surface area (Å²) in [6.07, 6.45) is 5.59. The lowest BCUT2D eigenvalue weighted by atomic mass is 9.96. The number of rotatable bonds is 8. The van der Waals surface area contributed by atoms with Crippen LogP contribution in [0.4, 0.5) is 15.6 Å². The van der Waals surface area contributed by atoms with Gasteiger partial charge in [0, 0.05) is 6.04 Å². The largest absolute Gasteiger partial charge is 0.492 e. The van der Waals surface area contributed by atoms with Crippen molar-refractivity contribution in [1.82, 2.24) is 15.5 Å². The number of hydrogen-bond donors (Lipinski definition) is 3. The zero-order valence-electron chi connectivity index (χ0n) is 16.3. The average Bonchev–Trinajstić information content (AvgIpc) is 3.16. The van der Waals surface area contributed by atoms with Gasteiger partial charge in [-0.15, -0.1) is 10.2 Å². The van der Waals surface area contributed by atoms with Crippen LogP contribution in [0, 0.1) is 0 Å². The van der Waals surface area contributed by atoms with Gasteiger partial charge in [-0.3, -0.25) is 10.1 Å². The molecule has 1 aliphatic rings. The van der Waals surface area contributed by atoms with E-state index in [1.165, 1.54) is 29.5 Å². The number of benzene rings is 1. The molecule has 1 aliphatic carbocycles. The van der Waals surface area contributed by atoms with E-state index < -0.39 is 0 Å². The first-order chi connectivity index (χ1) is 14.1. The Morgan fingerprint density at radius 1 is 1.17 bits per heavy atom. The Bertz CT molecular complexity index is 824. The van der Waals surface area contributed by atoms with Gasteiger partial charge in [0.15, 0.2) is 4.34 Å². The lowest BCUT2D eigenvalue weighted by molar-refractivity contribution is -0.113. The van der Waals surface area contributed by atoms with E-state index in [1.54, 1.807) is 6.07 Å². The Labute approximate surface area is 178 Å². The van der Waals surface area contributed by atoms with Crippen molar-refractivity contribution in [1.29, 1.82) is 0 Å². The van der Waals surface area contributed by atoms with E-state index in [9.17, 15) is 9.59 Å². The van der Waals surface area contributed by atoms with Crippen molar-refractivity contribution in [3.63, 3.8) is 0 Å². The van der Waals surface area contributed by atoms with Gasteiger partial charge in [0.1, 0.15) is 5.75 Å². The van der Waals surface area contributed by atoms with Crippen LogP contribution in [-0.2, 0) is 4.79 Å². The maximum atomic E-state index is 12.2. The number of anilines is 2. The van der Waals surface area contributed by atoms with Crippen LogP contribution < -0.4 is 20.7 Å². The maximum absolute atomic E-state index is 12.2. The summed E-state index contributed by atoms with van der Waals surface area (Å²) in [4.78, 5) is 24.3. The van der Waals surface area contributed by atoms with Gasteiger partial charge in [-0.2, -0.15) is 0 Å². The van der Waals surface area contributed by atoms with Crippen LogP contribution in [0.1, 0.15) is 39.0 Å². The third kappa shape index (κ3) is 6.90. The lowest BCUT2D eigenvalue weighted by Gasteiger charge is -2.22. The number of para-hydroxylation sites is 2. The third-order valence-electron chi connectivity index (χ3n) is 4.36. The molecule has 3 rings (SSSR count). The second-order valence-electron chi connectivity index (χ2n) is 6.57. The molecule has 0 radical (unpaired) electrons. The second kappa shape index (κ2) is 11.0.